The number of carboxylic acids is 1. The maximum absolute atomic E-state index is 12.0. The number of likely N-dealkylation sites (tertiary alicyclic amines) is 1. The van der Waals surface area contributed by atoms with Crippen molar-refractivity contribution in [1.29, 1.82) is 0 Å². The Morgan fingerprint density at radius 1 is 1.37 bits per heavy atom. The molecule has 2 fully saturated rings. The molecule has 1 heterocycles. The second kappa shape index (κ2) is 5.46. The zero-order chi connectivity index (χ0) is 14.0. The molecule has 3 unspecified atom stereocenters. The van der Waals surface area contributed by atoms with Crippen molar-refractivity contribution in [1.82, 2.24) is 10.2 Å². The van der Waals surface area contributed by atoms with Crippen LogP contribution in [-0.2, 0) is 14.3 Å². The van der Waals surface area contributed by atoms with Crippen molar-refractivity contribution in [2.45, 2.75) is 25.3 Å². The first kappa shape index (κ1) is 13.6. The van der Waals surface area contributed by atoms with Gasteiger partial charge in [-0.15, -0.1) is 0 Å². The number of esters is 1. The third-order valence-electron chi connectivity index (χ3n) is 4.02. The summed E-state index contributed by atoms with van der Waals surface area (Å²) < 4.78 is 4.42. The summed E-state index contributed by atoms with van der Waals surface area (Å²) in [6, 6.07) is -1.28. The summed E-state index contributed by atoms with van der Waals surface area (Å²) in [5, 5.41) is 11.7. The molecule has 1 saturated carbocycles. The molecule has 7 heteroatoms. The number of carbonyl (C=O) groups excluding carboxylic acids is 2. The number of nitrogens with one attached hydrogen (secondary N) is 1. The summed E-state index contributed by atoms with van der Waals surface area (Å²) in [7, 11) is 1.23. The second-order valence-corrected chi connectivity index (χ2v) is 5.03. The van der Waals surface area contributed by atoms with Crippen LogP contribution in [-0.4, -0.2) is 54.2 Å². The predicted octanol–water partition coefficient (Wildman–Crippen LogP) is 0.0541. The maximum Gasteiger partial charge on any atom is 0.326 e. The van der Waals surface area contributed by atoms with Gasteiger partial charge >= 0.3 is 18.0 Å². The number of nitrogens with zero attached hydrogens (tertiary/aromatic N) is 1. The Hall–Kier alpha value is -1.79. The SMILES string of the molecule is COC(=O)CNC(=O)N1CC2CCCC2C1C(=O)O. The fraction of sp³-hybridized carbons (Fsp3) is 0.750. The van der Waals surface area contributed by atoms with Crippen molar-refractivity contribution in [2.75, 3.05) is 20.2 Å². The molecule has 2 aliphatic rings. The normalized spacial score (nSPS) is 28.9. The van der Waals surface area contributed by atoms with Gasteiger partial charge in [0.25, 0.3) is 0 Å². The van der Waals surface area contributed by atoms with E-state index in [4.69, 9.17) is 0 Å². The molecule has 0 aromatic heterocycles. The fourth-order valence-corrected chi connectivity index (χ4v) is 3.15. The molecule has 0 spiro atoms. The Balaban J connectivity index is 2.00. The van der Waals surface area contributed by atoms with Gasteiger partial charge in [-0.25, -0.2) is 9.59 Å². The van der Waals surface area contributed by atoms with Crippen molar-refractivity contribution in [3.63, 3.8) is 0 Å². The minimum atomic E-state index is -0.970. The summed E-state index contributed by atoms with van der Waals surface area (Å²) in [6.45, 7) is 0.210. The highest BCUT2D eigenvalue weighted by Gasteiger charge is 2.49. The van der Waals surface area contributed by atoms with E-state index in [1.165, 1.54) is 12.0 Å². The van der Waals surface area contributed by atoms with Gasteiger partial charge < -0.3 is 20.1 Å². The minimum absolute atomic E-state index is 0.0429. The zero-order valence-electron chi connectivity index (χ0n) is 10.8. The molecule has 2 amide bonds. The molecule has 0 aromatic carbocycles. The molecule has 0 aromatic rings. The van der Waals surface area contributed by atoms with Crippen LogP contribution in [0.2, 0.25) is 0 Å². The van der Waals surface area contributed by atoms with E-state index in [0.717, 1.165) is 19.3 Å². The summed E-state index contributed by atoms with van der Waals surface area (Å²) in [4.78, 5) is 35.6. The molecular weight excluding hydrogens is 252 g/mol. The first-order valence-electron chi connectivity index (χ1n) is 6.38. The second-order valence-electron chi connectivity index (χ2n) is 5.03. The summed E-state index contributed by atoms with van der Waals surface area (Å²) in [5.41, 5.74) is 0. The highest BCUT2D eigenvalue weighted by atomic mass is 16.5. The number of hydrogen-bond donors (Lipinski definition) is 2. The highest BCUT2D eigenvalue weighted by molar-refractivity contribution is 5.86. The summed E-state index contributed by atoms with van der Waals surface area (Å²) in [5.74, 6) is -1.21. The third kappa shape index (κ3) is 2.64. The number of rotatable bonds is 3. The number of carboxylic acid groups (broad SMARTS) is 1. The lowest BCUT2D eigenvalue weighted by atomic mass is 9.94. The largest absolute Gasteiger partial charge is 0.480 e. The monoisotopic (exact) mass is 270 g/mol. The molecule has 1 saturated heterocycles. The third-order valence-corrected chi connectivity index (χ3v) is 4.02. The fourth-order valence-electron chi connectivity index (χ4n) is 3.15. The molecule has 2 rings (SSSR count). The van der Waals surface area contributed by atoms with E-state index < -0.39 is 24.0 Å². The van der Waals surface area contributed by atoms with Crippen LogP contribution in [0, 0.1) is 11.8 Å². The Labute approximate surface area is 110 Å². The molecular formula is C12H18N2O5. The Morgan fingerprint density at radius 2 is 2.11 bits per heavy atom. The molecule has 1 aliphatic carbocycles. The van der Waals surface area contributed by atoms with Crippen LogP contribution in [0.4, 0.5) is 4.79 Å². The molecule has 2 N–H and O–H groups in total. The number of carbonyl (C=O) groups is 3. The predicted molar refractivity (Wildman–Crippen MR) is 64.4 cm³/mol. The van der Waals surface area contributed by atoms with Crippen LogP contribution in [0.3, 0.4) is 0 Å². The van der Waals surface area contributed by atoms with Crippen LogP contribution in [0.5, 0.6) is 0 Å². The van der Waals surface area contributed by atoms with Crippen molar-refractivity contribution in [3.05, 3.63) is 0 Å². The lowest BCUT2D eigenvalue weighted by Crippen LogP contribution is -2.49. The van der Waals surface area contributed by atoms with Crippen molar-refractivity contribution in [3.8, 4) is 0 Å². The van der Waals surface area contributed by atoms with Crippen molar-refractivity contribution in [2.24, 2.45) is 11.8 Å². The first-order valence-corrected chi connectivity index (χ1v) is 6.38. The zero-order valence-corrected chi connectivity index (χ0v) is 10.8. The van der Waals surface area contributed by atoms with Crippen LogP contribution in [0.1, 0.15) is 19.3 Å². The summed E-state index contributed by atoms with van der Waals surface area (Å²) >= 11 is 0. The number of amides is 2. The van der Waals surface area contributed by atoms with E-state index in [9.17, 15) is 19.5 Å². The molecule has 19 heavy (non-hydrogen) atoms. The lowest BCUT2D eigenvalue weighted by Gasteiger charge is -2.24. The van der Waals surface area contributed by atoms with Gasteiger partial charge in [0.05, 0.1) is 7.11 Å². The average Bonchev–Trinajstić information content (AvgIpc) is 2.94. The van der Waals surface area contributed by atoms with Gasteiger partial charge in [0.2, 0.25) is 0 Å². The molecule has 0 radical (unpaired) electrons. The van der Waals surface area contributed by atoms with Gasteiger partial charge in [0.15, 0.2) is 0 Å². The first-order chi connectivity index (χ1) is 9.04. The quantitative estimate of drug-likeness (QED) is 0.707. The van der Waals surface area contributed by atoms with E-state index in [-0.39, 0.29) is 18.4 Å². The Kier molecular flexibility index (Phi) is 3.92. The van der Waals surface area contributed by atoms with E-state index in [1.807, 2.05) is 0 Å². The molecule has 7 nitrogen and oxygen atoms in total. The maximum atomic E-state index is 12.0. The topological polar surface area (TPSA) is 95.9 Å². The Morgan fingerprint density at radius 3 is 2.74 bits per heavy atom. The lowest BCUT2D eigenvalue weighted by molar-refractivity contribution is -0.142. The number of urea groups is 1. The van der Waals surface area contributed by atoms with Gasteiger partial charge in [-0.2, -0.15) is 0 Å². The van der Waals surface area contributed by atoms with E-state index in [2.05, 4.69) is 10.1 Å². The number of ether oxygens (including phenoxy) is 1. The van der Waals surface area contributed by atoms with Crippen molar-refractivity contribution < 1.29 is 24.2 Å². The van der Waals surface area contributed by atoms with Crippen LogP contribution in [0.15, 0.2) is 0 Å². The molecule has 1 aliphatic heterocycles. The van der Waals surface area contributed by atoms with Crippen LogP contribution >= 0.6 is 0 Å². The van der Waals surface area contributed by atoms with Gasteiger partial charge in [0, 0.05) is 6.54 Å². The molecule has 0 bridgehead atoms. The number of aliphatic carboxylic acids is 1. The number of hydrogen-bond acceptors (Lipinski definition) is 4. The van der Waals surface area contributed by atoms with Gasteiger partial charge in [0.1, 0.15) is 12.6 Å². The minimum Gasteiger partial charge on any atom is -0.480 e. The number of fused-ring (bicyclic) bond motifs is 1. The molecule has 3 atom stereocenters. The van der Waals surface area contributed by atoms with E-state index in [0.29, 0.717) is 6.54 Å². The van der Waals surface area contributed by atoms with E-state index >= 15 is 0 Å². The Bertz CT molecular complexity index is 398. The standard InChI is InChI=1S/C12H18N2O5/c1-19-9(15)5-13-12(18)14-6-7-3-2-4-8(7)10(14)11(16)17/h7-8,10H,2-6H2,1H3,(H,13,18)(H,16,17). The van der Waals surface area contributed by atoms with E-state index in [1.54, 1.807) is 0 Å². The van der Waals surface area contributed by atoms with Gasteiger partial charge in [-0.05, 0) is 24.7 Å². The van der Waals surface area contributed by atoms with Crippen molar-refractivity contribution >= 4 is 18.0 Å². The summed E-state index contributed by atoms with van der Waals surface area (Å²) in [6.07, 6.45) is 2.84. The smallest absolute Gasteiger partial charge is 0.326 e. The van der Waals surface area contributed by atoms with Crippen LogP contribution < -0.4 is 5.32 Å². The number of methoxy groups -OCH3 is 1. The van der Waals surface area contributed by atoms with Crippen LogP contribution in [0.25, 0.3) is 0 Å². The van der Waals surface area contributed by atoms with Gasteiger partial charge in [-0.1, -0.05) is 6.42 Å². The molecule has 106 valence electrons. The average molecular weight is 270 g/mol. The van der Waals surface area contributed by atoms with Gasteiger partial charge in [-0.3, -0.25) is 4.79 Å². The highest BCUT2D eigenvalue weighted by Crippen LogP contribution is 2.42.